The van der Waals surface area contributed by atoms with Gasteiger partial charge in [0.05, 0.1) is 17.4 Å². The molecule has 0 aliphatic carbocycles. The van der Waals surface area contributed by atoms with Gasteiger partial charge in [0.1, 0.15) is 10.7 Å². The van der Waals surface area contributed by atoms with Gasteiger partial charge in [-0.25, -0.2) is 9.67 Å². The molecule has 142 valence electrons. The van der Waals surface area contributed by atoms with E-state index in [0.717, 1.165) is 29.1 Å². The number of aromatic nitrogens is 3. The minimum atomic E-state index is -0.0763. The largest absolute Gasteiger partial charge is 0.350 e. The Balaban J connectivity index is 1.28. The van der Waals surface area contributed by atoms with Crippen LogP contribution in [0.25, 0.3) is 16.3 Å². The molecule has 7 nitrogen and oxygen atoms in total. The zero-order valence-electron chi connectivity index (χ0n) is 15.2. The average molecular weight is 393 g/mol. The van der Waals surface area contributed by atoms with Crippen LogP contribution in [0.1, 0.15) is 29.8 Å². The van der Waals surface area contributed by atoms with E-state index in [1.165, 1.54) is 11.3 Å². The molecule has 4 heterocycles. The molecule has 2 saturated heterocycles. The molecule has 2 aliphatic heterocycles. The molecule has 0 radical (unpaired) electrons. The van der Waals surface area contributed by atoms with E-state index < -0.39 is 0 Å². The van der Waals surface area contributed by atoms with Crippen LogP contribution in [0.3, 0.4) is 0 Å². The zero-order chi connectivity index (χ0) is 19.1. The Hall–Kier alpha value is -3.00. The summed E-state index contributed by atoms with van der Waals surface area (Å²) < 4.78 is 1.80. The predicted octanol–water partition coefficient (Wildman–Crippen LogP) is 2.49. The quantitative estimate of drug-likeness (QED) is 0.694. The first kappa shape index (κ1) is 17.1. The van der Waals surface area contributed by atoms with Gasteiger partial charge in [-0.05, 0) is 25.0 Å². The van der Waals surface area contributed by atoms with E-state index in [0.29, 0.717) is 25.2 Å². The molecule has 2 amide bonds. The highest BCUT2D eigenvalue weighted by atomic mass is 32.1. The van der Waals surface area contributed by atoms with Crippen molar-refractivity contribution in [3.8, 4) is 16.3 Å². The Morgan fingerprint density at radius 2 is 1.93 bits per heavy atom. The fraction of sp³-hybridized carbons (Fsp3) is 0.300. The Morgan fingerprint density at radius 1 is 1.18 bits per heavy atom. The molecule has 2 fully saturated rings. The number of β-lactam (4-membered cyclic amide) rings is 1. The van der Waals surface area contributed by atoms with Crippen molar-refractivity contribution in [2.24, 2.45) is 0 Å². The Bertz CT molecular complexity index is 1020. The summed E-state index contributed by atoms with van der Waals surface area (Å²) in [7, 11) is 0. The molecular formula is C20H19N5O2S. The number of piperidine rings is 1. The van der Waals surface area contributed by atoms with E-state index in [1.807, 2.05) is 46.8 Å². The zero-order valence-corrected chi connectivity index (χ0v) is 16.0. The van der Waals surface area contributed by atoms with Crippen molar-refractivity contribution in [2.45, 2.75) is 24.8 Å². The summed E-state index contributed by atoms with van der Waals surface area (Å²) in [6, 6.07) is 9.87. The van der Waals surface area contributed by atoms with Crippen molar-refractivity contribution in [3.63, 3.8) is 0 Å². The summed E-state index contributed by atoms with van der Waals surface area (Å²) in [6.45, 7) is 1.30. The van der Waals surface area contributed by atoms with Crippen LogP contribution in [0.4, 0.5) is 0 Å². The number of carbonyl (C=O) groups excluding carboxylic acids is 2. The predicted molar refractivity (Wildman–Crippen MR) is 105 cm³/mol. The highest BCUT2D eigenvalue weighted by molar-refractivity contribution is 7.13. The maximum absolute atomic E-state index is 12.8. The smallest absolute Gasteiger partial charge is 0.273 e. The van der Waals surface area contributed by atoms with Crippen LogP contribution in [-0.2, 0) is 4.79 Å². The van der Waals surface area contributed by atoms with Gasteiger partial charge in [0.15, 0.2) is 0 Å². The number of para-hydroxylation sites is 1. The molecule has 28 heavy (non-hydrogen) atoms. The van der Waals surface area contributed by atoms with Gasteiger partial charge in [-0.15, -0.1) is 11.3 Å². The number of benzene rings is 1. The van der Waals surface area contributed by atoms with Crippen molar-refractivity contribution in [1.29, 1.82) is 0 Å². The summed E-state index contributed by atoms with van der Waals surface area (Å²) in [5, 5.41) is 9.99. The van der Waals surface area contributed by atoms with Crippen LogP contribution in [0.5, 0.6) is 0 Å². The number of likely N-dealkylation sites (tertiary alicyclic amines) is 1. The van der Waals surface area contributed by atoms with Gasteiger partial charge in [0.25, 0.3) is 5.91 Å². The monoisotopic (exact) mass is 393 g/mol. The molecule has 1 N–H and O–H groups in total. The van der Waals surface area contributed by atoms with E-state index in [-0.39, 0.29) is 17.4 Å². The molecule has 2 aromatic heterocycles. The van der Waals surface area contributed by atoms with E-state index >= 15 is 0 Å². The summed E-state index contributed by atoms with van der Waals surface area (Å²) in [4.78, 5) is 30.4. The normalized spacial score (nSPS) is 18.0. The topological polar surface area (TPSA) is 80.1 Å². The molecule has 5 rings (SSSR count). The van der Waals surface area contributed by atoms with Crippen molar-refractivity contribution in [3.05, 3.63) is 53.8 Å². The van der Waals surface area contributed by atoms with Gasteiger partial charge in [-0.2, -0.15) is 5.10 Å². The van der Waals surface area contributed by atoms with Crippen LogP contribution in [-0.4, -0.2) is 50.1 Å². The first-order valence-corrected chi connectivity index (χ1v) is 10.2. The average Bonchev–Trinajstić information content (AvgIpc) is 3.37. The van der Waals surface area contributed by atoms with Crippen molar-refractivity contribution >= 4 is 23.2 Å². The maximum Gasteiger partial charge on any atom is 0.273 e. The first-order chi connectivity index (χ1) is 13.6. The van der Waals surface area contributed by atoms with Crippen molar-refractivity contribution in [1.82, 2.24) is 25.0 Å². The fourth-order valence-corrected chi connectivity index (χ4v) is 4.62. The maximum atomic E-state index is 12.8. The molecular weight excluding hydrogens is 374 g/mol. The lowest BCUT2D eigenvalue weighted by Gasteiger charge is -2.47. The third-order valence-electron chi connectivity index (χ3n) is 5.48. The van der Waals surface area contributed by atoms with Gasteiger partial charge in [0.2, 0.25) is 5.91 Å². The first-order valence-electron chi connectivity index (χ1n) is 9.28. The molecule has 0 saturated carbocycles. The molecule has 8 heteroatoms. The number of carbonyl (C=O) groups is 2. The van der Waals surface area contributed by atoms with Crippen LogP contribution >= 0.6 is 11.3 Å². The van der Waals surface area contributed by atoms with Crippen molar-refractivity contribution < 1.29 is 9.59 Å². The molecule has 2 aliphatic rings. The minimum Gasteiger partial charge on any atom is -0.350 e. The number of nitrogens with one attached hydrogen (secondary N) is 1. The third kappa shape index (κ3) is 2.99. The summed E-state index contributed by atoms with van der Waals surface area (Å²) in [6.07, 6.45) is 5.90. The van der Waals surface area contributed by atoms with E-state index in [1.54, 1.807) is 10.9 Å². The minimum absolute atomic E-state index is 0.0431. The third-order valence-corrected chi connectivity index (χ3v) is 6.38. The molecule has 0 bridgehead atoms. The van der Waals surface area contributed by atoms with E-state index in [2.05, 4.69) is 15.4 Å². The van der Waals surface area contributed by atoms with Gasteiger partial charge >= 0.3 is 0 Å². The molecule has 0 unspecified atom stereocenters. The SMILES string of the molecule is O=C1CC2(CCN(C(=O)c3csc(-c4cnn(-c5ccccc5)c4)n3)CC2)N1. The number of thiazole rings is 1. The van der Waals surface area contributed by atoms with Crippen LogP contribution < -0.4 is 5.32 Å². The summed E-state index contributed by atoms with van der Waals surface area (Å²) in [5.74, 6) is 0.0680. The number of amides is 2. The molecule has 3 aromatic rings. The van der Waals surface area contributed by atoms with E-state index in [4.69, 9.17) is 0 Å². The van der Waals surface area contributed by atoms with Crippen LogP contribution in [0.2, 0.25) is 0 Å². The highest BCUT2D eigenvalue weighted by Crippen LogP contribution is 2.32. The standard InChI is InChI=1S/C20H19N5O2S/c26-17-10-20(23-17)6-8-24(9-7-20)19(27)16-13-28-18(22-16)14-11-21-25(12-14)15-4-2-1-3-5-15/h1-5,11-13H,6-10H2,(H,23,26). The molecule has 1 aromatic carbocycles. The highest BCUT2D eigenvalue weighted by Gasteiger charge is 2.45. The second-order valence-electron chi connectivity index (χ2n) is 7.34. The van der Waals surface area contributed by atoms with Crippen molar-refractivity contribution in [2.75, 3.05) is 13.1 Å². The summed E-state index contributed by atoms with van der Waals surface area (Å²) >= 11 is 1.45. The number of hydrogen-bond donors (Lipinski definition) is 1. The lowest BCUT2D eigenvalue weighted by molar-refractivity contribution is -0.134. The fourth-order valence-electron chi connectivity index (χ4n) is 3.85. The lowest BCUT2D eigenvalue weighted by atomic mass is 9.78. The number of hydrogen-bond acceptors (Lipinski definition) is 5. The lowest BCUT2D eigenvalue weighted by Crippen LogP contribution is -2.65. The molecule has 0 atom stereocenters. The van der Waals surface area contributed by atoms with Gasteiger partial charge in [-0.1, -0.05) is 18.2 Å². The summed E-state index contributed by atoms with van der Waals surface area (Å²) in [5.41, 5.74) is 2.27. The Kier molecular flexibility index (Phi) is 4.01. The van der Waals surface area contributed by atoms with Gasteiger partial charge < -0.3 is 10.2 Å². The Morgan fingerprint density at radius 3 is 2.64 bits per heavy atom. The second kappa shape index (κ2) is 6.56. The van der Waals surface area contributed by atoms with Crippen LogP contribution in [0, 0.1) is 0 Å². The molecule has 1 spiro atoms. The second-order valence-corrected chi connectivity index (χ2v) is 8.20. The van der Waals surface area contributed by atoms with Gasteiger partial charge in [-0.3, -0.25) is 9.59 Å². The van der Waals surface area contributed by atoms with E-state index in [9.17, 15) is 9.59 Å². The number of nitrogens with zero attached hydrogens (tertiary/aromatic N) is 4. The Labute approximate surface area is 166 Å². The van der Waals surface area contributed by atoms with Gasteiger partial charge in [0, 0.05) is 36.7 Å². The number of rotatable bonds is 3. The van der Waals surface area contributed by atoms with Crippen LogP contribution in [0.15, 0.2) is 48.1 Å².